The van der Waals surface area contributed by atoms with Crippen LogP contribution in [0.4, 0.5) is 0 Å². The summed E-state index contributed by atoms with van der Waals surface area (Å²) in [7, 11) is 1.62. The number of rotatable bonds is 6. The SMILES string of the molecule is CCNC(=O)CCn1c(CCl)nc2ccc(OC)cc21. The first-order chi connectivity index (χ1) is 9.69. The standard InChI is InChI=1S/C14H18ClN3O2/c1-3-16-14(19)6-7-18-12-8-10(20-2)4-5-11(12)17-13(18)9-15/h4-5,8H,3,6-7,9H2,1-2H3,(H,16,19). The number of nitrogens with one attached hydrogen (secondary N) is 1. The van der Waals surface area contributed by atoms with Crippen molar-refractivity contribution >= 4 is 28.5 Å². The van der Waals surface area contributed by atoms with Gasteiger partial charge in [0.15, 0.2) is 0 Å². The number of carbonyl (C=O) groups excluding carboxylic acids is 1. The molecule has 0 unspecified atom stereocenters. The molecule has 0 aliphatic heterocycles. The Morgan fingerprint density at radius 3 is 2.95 bits per heavy atom. The number of imidazole rings is 1. The van der Waals surface area contributed by atoms with Crippen molar-refractivity contribution < 1.29 is 9.53 Å². The third kappa shape index (κ3) is 3.04. The summed E-state index contributed by atoms with van der Waals surface area (Å²) in [6, 6.07) is 5.67. The lowest BCUT2D eigenvalue weighted by atomic mass is 10.3. The van der Waals surface area contributed by atoms with E-state index in [2.05, 4.69) is 10.3 Å². The van der Waals surface area contributed by atoms with Gasteiger partial charge in [0.1, 0.15) is 11.6 Å². The Morgan fingerprint density at radius 2 is 2.30 bits per heavy atom. The van der Waals surface area contributed by atoms with E-state index in [1.807, 2.05) is 29.7 Å². The van der Waals surface area contributed by atoms with E-state index in [4.69, 9.17) is 16.3 Å². The van der Waals surface area contributed by atoms with Crippen LogP contribution in [0.2, 0.25) is 0 Å². The average molecular weight is 296 g/mol. The third-order valence-corrected chi connectivity index (χ3v) is 3.33. The van der Waals surface area contributed by atoms with Gasteiger partial charge >= 0.3 is 0 Å². The molecule has 5 nitrogen and oxygen atoms in total. The number of benzene rings is 1. The van der Waals surface area contributed by atoms with Crippen molar-refractivity contribution in [1.29, 1.82) is 0 Å². The lowest BCUT2D eigenvalue weighted by Gasteiger charge is -2.08. The number of amides is 1. The van der Waals surface area contributed by atoms with E-state index in [1.54, 1.807) is 7.11 Å². The molecule has 0 spiro atoms. The minimum atomic E-state index is 0.0257. The zero-order valence-corrected chi connectivity index (χ0v) is 12.4. The first-order valence-electron chi connectivity index (χ1n) is 6.55. The largest absolute Gasteiger partial charge is 0.497 e. The van der Waals surface area contributed by atoms with E-state index >= 15 is 0 Å². The first-order valence-corrected chi connectivity index (χ1v) is 7.08. The van der Waals surface area contributed by atoms with E-state index in [0.29, 0.717) is 25.4 Å². The Hall–Kier alpha value is -1.75. The Bertz CT molecular complexity index is 610. The van der Waals surface area contributed by atoms with E-state index in [1.165, 1.54) is 0 Å². The lowest BCUT2D eigenvalue weighted by Crippen LogP contribution is -2.24. The van der Waals surface area contributed by atoms with Crippen LogP contribution in [-0.2, 0) is 17.2 Å². The van der Waals surface area contributed by atoms with Crippen molar-refractivity contribution in [2.75, 3.05) is 13.7 Å². The van der Waals surface area contributed by atoms with Gasteiger partial charge < -0.3 is 14.6 Å². The summed E-state index contributed by atoms with van der Waals surface area (Å²) in [5.74, 6) is 1.86. The number of aryl methyl sites for hydroxylation is 1. The Balaban J connectivity index is 2.31. The van der Waals surface area contributed by atoms with Crippen LogP contribution < -0.4 is 10.1 Å². The second kappa shape index (κ2) is 6.61. The van der Waals surface area contributed by atoms with Gasteiger partial charge in [-0.05, 0) is 19.1 Å². The minimum Gasteiger partial charge on any atom is -0.497 e. The summed E-state index contributed by atoms with van der Waals surface area (Å²) >= 11 is 5.94. The number of hydrogen-bond acceptors (Lipinski definition) is 3. The number of hydrogen-bond donors (Lipinski definition) is 1. The number of alkyl halides is 1. The maximum Gasteiger partial charge on any atom is 0.221 e. The highest BCUT2D eigenvalue weighted by atomic mass is 35.5. The van der Waals surface area contributed by atoms with Crippen LogP contribution in [0.15, 0.2) is 18.2 Å². The molecule has 0 aliphatic rings. The molecule has 0 aliphatic carbocycles. The number of halogens is 1. The summed E-state index contributed by atoms with van der Waals surface area (Å²) in [5.41, 5.74) is 1.79. The summed E-state index contributed by atoms with van der Waals surface area (Å²) < 4.78 is 7.20. The van der Waals surface area contributed by atoms with Crippen LogP contribution in [0.25, 0.3) is 11.0 Å². The maximum atomic E-state index is 11.6. The Morgan fingerprint density at radius 1 is 1.50 bits per heavy atom. The van der Waals surface area contributed by atoms with Crippen LogP contribution in [-0.4, -0.2) is 29.1 Å². The molecule has 20 heavy (non-hydrogen) atoms. The second-order valence-corrected chi connectivity index (χ2v) is 4.64. The van der Waals surface area contributed by atoms with Gasteiger partial charge in [-0.15, -0.1) is 11.6 Å². The Kier molecular flexibility index (Phi) is 4.84. The maximum absolute atomic E-state index is 11.6. The molecule has 0 fully saturated rings. The fourth-order valence-corrected chi connectivity index (χ4v) is 2.33. The quantitative estimate of drug-likeness (QED) is 0.832. The molecule has 0 atom stereocenters. The van der Waals surface area contributed by atoms with Crippen LogP contribution in [0.5, 0.6) is 5.75 Å². The van der Waals surface area contributed by atoms with Gasteiger partial charge in [0.25, 0.3) is 0 Å². The minimum absolute atomic E-state index is 0.0257. The molecule has 0 radical (unpaired) electrons. The summed E-state index contributed by atoms with van der Waals surface area (Å²) in [4.78, 5) is 16.1. The molecule has 1 aromatic heterocycles. The zero-order valence-electron chi connectivity index (χ0n) is 11.6. The van der Waals surface area contributed by atoms with Crippen molar-refractivity contribution in [3.8, 4) is 5.75 Å². The Labute approximate surface area is 122 Å². The number of aromatic nitrogens is 2. The summed E-state index contributed by atoms with van der Waals surface area (Å²) in [6.07, 6.45) is 0.403. The topological polar surface area (TPSA) is 56.2 Å². The van der Waals surface area contributed by atoms with Crippen LogP contribution in [0.3, 0.4) is 0 Å². The van der Waals surface area contributed by atoms with E-state index in [-0.39, 0.29) is 5.91 Å². The van der Waals surface area contributed by atoms with Crippen molar-refractivity contribution in [1.82, 2.24) is 14.9 Å². The normalized spacial score (nSPS) is 10.8. The van der Waals surface area contributed by atoms with Gasteiger partial charge in [-0.2, -0.15) is 0 Å². The summed E-state index contributed by atoms with van der Waals surface area (Å²) in [5, 5.41) is 2.79. The molecule has 2 rings (SSSR count). The van der Waals surface area contributed by atoms with Crippen molar-refractivity contribution in [3.63, 3.8) is 0 Å². The third-order valence-electron chi connectivity index (χ3n) is 3.09. The van der Waals surface area contributed by atoms with E-state index in [9.17, 15) is 4.79 Å². The highest BCUT2D eigenvalue weighted by Gasteiger charge is 2.12. The molecule has 1 aromatic carbocycles. The van der Waals surface area contributed by atoms with Gasteiger partial charge in [-0.1, -0.05) is 0 Å². The van der Waals surface area contributed by atoms with Crippen molar-refractivity contribution in [3.05, 3.63) is 24.0 Å². The zero-order chi connectivity index (χ0) is 14.5. The number of methoxy groups -OCH3 is 1. The van der Waals surface area contributed by atoms with Crippen LogP contribution in [0, 0.1) is 0 Å². The molecule has 6 heteroatoms. The lowest BCUT2D eigenvalue weighted by molar-refractivity contribution is -0.121. The van der Waals surface area contributed by atoms with Crippen LogP contribution in [0.1, 0.15) is 19.2 Å². The van der Waals surface area contributed by atoms with Gasteiger partial charge in [-0.25, -0.2) is 4.98 Å². The predicted octanol–water partition coefficient (Wildman–Crippen LogP) is 2.31. The molecule has 108 valence electrons. The van der Waals surface area contributed by atoms with Crippen LogP contribution >= 0.6 is 11.6 Å². The monoisotopic (exact) mass is 295 g/mol. The molecule has 1 N–H and O–H groups in total. The van der Waals surface area contributed by atoms with Gasteiger partial charge in [0.05, 0.1) is 24.0 Å². The van der Waals surface area contributed by atoms with Crippen molar-refractivity contribution in [2.24, 2.45) is 0 Å². The second-order valence-electron chi connectivity index (χ2n) is 4.37. The van der Waals surface area contributed by atoms with E-state index in [0.717, 1.165) is 22.6 Å². The smallest absolute Gasteiger partial charge is 0.221 e. The summed E-state index contributed by atoms with van der Waals surface area (Å²) in [6.45, 7) is 3.09. The van der Waals surface area contributed by atoms with Gasteiger partial charge in [0, 0.05) is 25.6 Å². The van der Waals surface area contributed by atoms with Gasteiger partial charge in [0.2, 0.25) is 5.91 Å². The molecule has 1 heterocycles. The highest BCUT2D eigenvalue weighted by molar-refractivity contribution is 6.16. The molecule has 2 aromatic rings. The highest BCUT2D eigenvalue weighted by Crippen LogP contribution is 2.23. The fourth-order valence-electron chi connectivity index (χ4n) is 2.13. The van der Waals surface area contributed by atoms with Gasteiger partial charge in [-0.3, -0.25) is 4.79 Å². The molecular formula is C14H18ClN3O2. The molecule has 0 saturated carbocycles. The fraction of sp³-hybridized carbons (Fsp3) is 0.429. The number of carbonyl (C=O) groups is 1. The molecule has 1 amide bonds. The number of nitrogens with zero attached hydrogens (tertiary/aromatic N) is 2. The molecule has 0 saturated heterocycles. The molecule has 0 bridgehead atoms. The predicted molar refractivity (Wildman–Crippen MR) is 79.1 cm³/mol. The molecular weight excluding hydrogens is 278 g/mol. The average Bonchev–Trinajstić information content (AvgIpc) is 2.82. The number of fused-ring (bicyclic) bond motifs is 1. The van der Waals surface area contributed by atoms with Crippen molar-refractivity contribution in [2.45, 2.75) is 25.8 Å². The van der Waals surface area contributed by atoms with E-state index < -0.39 is 0 Å². The first kappa shape index (κ1) is 14.7. The number of ether oxygens (including phenoxy) is 1.